The van der Waals surface area contributed by atoms with Crippen molar-refractivity contribution in [3.8, 4) is 17.4 Å². The van der Waals surface area contributed by atoms with Gasteiger partial charge in [-0.05, 0) is 49.9 Å². The number of carbonyl (C=O) groups excluding carboxylic acids is 1. The number of pyridine rings is 2. The van der Waals surface area contributed by atoms with Crippen LogP contribution in [0, 0.1) is 0 Å². The fraction of sp³-hybridized carbons (Fsp3) is 0.320. The molecule has 2 aliphatic rings. The molecule has 2 saturated heterocycles. The molecule has 0 unspecified atom stereocenters. The van der Waals surface area contributed by atoms with E-state index in [1.54, 1.807) is 29.2 Å². The number of rotatable bonds is 5. The van der Waals surface area contributed by atoms with Crippen LogP contribution in [0.4, 0.5) is 13.2 Å². The highest BCUT2D eigenvalue weighted by atomic mass is 19.4. The van der Waals surface area contributed by atoms with Crippen molar-refractivity contribution in [1.82, 2.24) is 29.5 Å². The summed E-state index contributed by atoms with van der Waals surface area (Å²) in [5, 5.41) is 4.60. The molecular weight excluding hydrogens is 473 g/mol. The molecule has 184 valence electrons. The van der Waals surface area contributed by atoms with Crippen molar-refractivity contribution in [2.24, 2.45) is 0 Å². The largest absolute Gasteiger partial charge is 0.475 e. The summed E-state index contributed by atoms with van der Waals surface area (Å²) in [6, 6.07) is 9.41. The topological polar surface area (TPSA) is 85.5 Å². The Hall–Kier alpha value is -4.02. The Kier molecular flexibility index (Phi) is 5.16. The first kappa shape index (κ1) is 22.4. The molecule has 8 nitrogen and oxygen atoms in total. The van der Waals surface area contributed by atoms with Gasteiger partial charge in [-0.25, -0.2) is 19.5 Å². The summed E-state index contributed by atoms with van der Waals surface area (Å²) in [5.74, 6) is 0.271. The first-order valence-corrected chi connectivity index (χ1v) is 11.6. The Morgan fingerprint density at radius 2 is 1.83 bits per heavy atom. The molecule has 4 aromatic heterocycles. The second-order valence-corrected chi connectivity index (χ2v) is 9.13. The predicted octanol–water partition coefficient (Wildman–Crippen LogP) is 4.42. The Bertz CT molecular complexity index is 1410. The maximum absolute atomic E-state index is 14.2. The molecule has 4 aromatic rings. The third-order valence-corrected chi connectivity index (χ3v) is 7.06. The van der Waals surface area contributed by atoms with Gasteiger partial charge >= 0.3 is 6.18 Å². The van der Waals surface area contributed by atoms with E-state index in [1.807, 2.05) is 23.1 Å². The summed E-state index contributed by atoms with van der Waals surface area (Å²) in [6.07, 6.45) is 4.39. The smallest absolute Gasteiger partial charge is 0.417 e. The maximum atomic E-state index is 14.2. The van der Waals surface area contributed by atoms with E-state index in [0.717, 1.165) is 37.9 Å². The highest BCUT2D eigenvalue weighted by Gasteiger charge is 2.55. The molecule has 0 atom stereocenters. The number of fused-ring (bicyclic) bond motifs is 3. The second kappa shape index (κ2) is 8.28. The number of nitrogens with zero attached hydrogens (tertiary/aromatic N) is 6. The van der Waals surface area contributed by atoms with Crippen LogP contribution in [0.15, 0.2) is 61.2 Å². The van der Waals surface area contributed by atoms with Gasteiger partial charge in [0.25, 0.3) is 5.91 Å². The van der Waals surface area contributed by atoms with Crippen LogP contribution in [0.5, 0.6) is 5.88 Å². The lowest BCUT2D eigenvalue weighted by Gasteiger charge is -2.34. The lowest BCUT2D eigenvalue weighted by molar-refractivity contribution is -0.137. The fourth-order valence-electron chi connectivity index (χ4n) is 5.37. The summed E-state index contributed by atoms with van der Waals surface area (Å²) in [5.41, 5.74) is 0.0579. The average molecular weight is 494 g/mol. The molecule has 0 aromatic carbocycles. The van der Waals surface area contributed by atoms with Gasteiger partial charge < -0.3 is 9.64 Å². The molecule has 36 heavy (non-hydrogen) atoms. The molecule has 0 aliphatic carbocycles. The second-order valence-electron chi connectivity index (χ2n) is 9.13. The molecular formula is C25H21F3N6O2. The van der Waals surface area contributed by atoms with Gasteiger partial charge in [0.2, 0.25) is 5.88 Å². The Morgan fingerprint density at radius 3 is 2.53 bits per heavy atom. The van der Waals surface area contributed by atoms with E-state index >= 15 is 0 Å². The molecule has 0 spiro atoms. The molecule has 2 bridgehead atoms. The zero-order valence-corrected chi connectivity index (χ0v) is 19.0. The third-order valence-electron chi connectivity index (χ3n) is 7.06. The maximum Gasteiger partial charge on any atom is 0.417 e. The van der Waals surface area contributed by atoms with Crippen LogP contribution in [0.3, 0.4) is 0 Å². The normalized spacial score (nSPS) is 21.3. The van der Waals surface area contributed by atoms with Crippen LogP contribution >= 0.6 is 0 Å². The van der Waals surface area contributed by atoms with Crippen molar-refractivity contribution in [2.45, 2.75) is 43.4 Å². The van der Waals surface area contributed by atoms with Gasteiger partial charge in [0.15, 0.2) is 5.82 Å². The van der Waals surface area contributed by atoms with Gasteiger partial charge in [0.1, 0.15) is 12.3 Å². The molecule has 6 rings (SSSR count). The minimum Gasteiger partial charge on any atom is -0.475 e. The molecule has 1 amide bonds. The van der Waals surface area contributed by atoms with E-state index in [1.165, 1.54) is 6.07 Å². The highest BCUT2D eigenvalue weighted by Crippen LogP contribution is 2.48. The minimum atomic E-state index is -4.47. The number of hydrogen-bond donors (Lipinski definition) is 0. The minimum absolute atomic E-state index is 0.0462. The van der Waals surface area contributed by atoms with Crippen LogP contribution in [-0.2, 0) is 6.18 Å². The summed E-state index contributed by atoms with van der Waals surface area (Å²) in [4.78, 5) is 28.5. The molecule has 0 saturated carbocycles. The first-order chi connectivity index (χ1) is 17.4. The molecule has 2 fully saturated rings. The number of halogens is 3. The van der Waals surface area contributed by atoms with E-state index in [0.29, 0.717) is 22.6 Å². The lowest BCUT2D eigenvalue weighted by Crippen LogP contribution is -2.49. The van der Waals surface area contributed by atoms with Crippen LogP contribution in [-0.4, -0.2) is 53.6 Å². The van der Waals surface area contributed by atoms with Gasteiger partial charge in [0, 0.05) is 36.9 Å². The average Bonchev–Trinajstić information content (AvgIpc) is 3.57. The van der Waals surface area contributed by atoms with Crippen molar-refractivity contribution in [3.63, 3.8) is 0 Å². The number of aromatic nitrogens is 5. The van der Waals surface area contributed by atoms with Crippen molar-refractivity contribution in [1.29, 1.82) is 0 Å². The van der Waals surface area contributed by atoms with E-state index in [-0.39, 0.29) is 24.4 Å². The van der Waals surface area contributed by atoms with E-state index < -0.39 is 17.3 Å². The summed E-state index contributed by atoms with van der Waals surface area (Å²) in [6.45, 7) is 0.143. The zero-order valence-electron chi connectivity index (χ0n) is 19.0. The molecule has 0 radical (unpaired) electrons. The quantitative estimate of drug-likeness (QED) is 0.408. The van der Waals surface area contributed by atoms with Crippen molar-refractivity contribution in [3.05, 3.63) is 72.3 Å². The summed E-state index contributed by atoms with van der Waals surface area (Å²) < 4.78 is 46.1. The number of carbonyl (C=O) groups is 1. The standard InChI is InChI=1S/C25H21F3N6O2/c26-25(27,28)16-5-6-19(31-14-16)36-15-24-9-7-17(8-10-24)34(24)23(35)20-18-4-1-2-13-33(18)32-21(20)22-29-11-3-12-30-22/h1-6,11-14,17H,7-10,15H2. The Balaban J connectivity index is 1.33. The Morgan fingerprint density at radius 1 is 1.06 bits per heavy atom. The molecule has 6 heterocycles. The van der Waals surface area contributed by atoms with E-state index in [2.05, 4.69) is 20.1 Å². The van der Waals surface area contributed by atoms with Gasteiger partial charge in [-0.1, -0.05) is 6.07 Å². The summed E-state index contributed by atoms with van der Waals surface area (Å²) >= 11 is 0. The van der Waals surface area contributed by atoms with E-state index in [9.17, 15) is 18.0 Å². The van der Waals surface area contributed by atoms with Crippen LogP contribution in [0.1, 0.15) is 41.6 Å². The summed E-state index contributed by atoms with van der Waals surface area (Å²) in [7, 11) is 0. The zero-order chi connectivity index (χ0) is 24.9. The molecule has 0 N–H and O–H groups in total. The van der Waals surface area contributed by atoms with Crippen LogP contribution in [0.2, 0.25) is 0 Å². The van der Waals surface area contributed by atoms with Crippen molar-refractivity contribution >= 4 is 11.4 Å². The van der Waals surface area contributed by atoms with Crippen molar-refractivity contribution in [2.75, 3.05) is 6.61 Å². The van der Waals surface area contributed by atoms with E-state index in [4.69, 9.17) is 4.74 Å². The van der Waals surface area contributed by atoms with Gasteiger partial charge in [-0.2, -0.15) is 18.3 Å². The number of ether oxygens (including phenoxy) is 1. The Labute approximate surface area is 203 Å². The molecule has 2 aliphatic heterocycles. The van der Waals surface area contributed by atoms with Crippen molar-refractivity contribution < 1.29 is 22.7 Å². The van der Waals surface area contributed by atoms with Gasteiger partial charge in [-0.3, -0.25) is 4.79 Å². The highest BCUT2D eigenvalue weighted by molar-refractivity contribution is 6.06. The fourth-order valence-corrected chi connectivity index (χ4v) is 5.37. The lowest BCUT2D eigenvalue weighted by atomic mass is 9.88. The van der Waals surface area contributed by atoms with Gasteiger partial charge in [0.05, 0.1) is 22.2 Å². The molecule has 11 heteroatoms. The predicted molar refractivity (Wildman–Crippen MR) is 122 cm³/mol. The number of hydrogen-bond acceptors (Lipinski definition) is 6. The third kappa shape index (κ3) is 3.66. The number of alkyl halides is 3. The van der Waals surface area contributed by atoms with Gasteiger partial charge in [-0.15, -0.1) is 0 Å². The SMILES string of the molecule is O=C(c1c(-c2ncccn2)nn2ccccc12)N1C2CCC1(COc1ccc(C(F)(F)F)cn1)CC2. The first-order valence-electron chi connectivity index (χ1n) is 11.6. The monoisotopic (exact) mass is 494 g/mol. The number of amides is 1. The van der Waals surface area contributed by atoms with Crippen LogP contribution in [0.25, 0.3) is 17.0 Å². The van der Waals surface area contributed by atoms with Crippen LogP contribution < -0.4 is 4.74 Å².